The lowest BCUT2D eigenvalue weighted by atomic mass is 9.96. The van der Waals surface area contributed by atoms with Crippen LogP contribution in [-0.4, -0.2) is 20.1 Å². The van der Waals surface area contributed by atoms with Gasteiger partial charge >= 0.3 is 0 Å². The zero-order valence-electron chi connectivity index (χ0n) is 15.9. The van der Waals surface area contributed by atoms with E-state index in [0.29, 0.717) is 11.3 Å². The summed E-state index contributed by atoms with van der Waals surface area (Å²) in [5, 5.41) is 3.00. The van der Waals surface area contributed by atoms with Crippen LogP contribution in [0.4, 0.5) is 5.69 Å². The summed E-state index contributed by atoms with van der Waals surface area (Å²) in [6.45, 7) is 9.70. The molecule has 5 nitrogen and oxygen atoms in total. The summed E-state index contributed by atoms with van der Waals surface area (Å²) < 4.78 is 25.6. The second-order valence-corrected chi connectivity index (χ2v) is 8.58. The summed E-state index contributed by atoms with van der Waals surface area (Å²) in [5.74, 6) is -0.192. The Morgan fingerprint density at radius 3 is 2.15 bits per heavy atom. The minimum Gasteiger partial charge on any atom is -0.346 e. The molecule has 1 amide bonds. The van der Waals surface area contributed by atoms with E-state index in [2.05, 4.69) is 36.0 Å². The molecule has 0 bridgehead atoms. The van der Waals surface area contributed by atoms with Gasteiger partial charge in [0.25, 0.3) is 5.91 Å². The van der Waals surface area contributed by atoms with Crippen LogP contribution in [-0.2, 0) is 10.0 Å². The quantitative estimate of drug-likeness (QED) is 0.806. The number of carbonyl (C=O) groups excluding carboxylic acids is 1. The smallest absolute Gasteiger partial charge is 0.251 e. The van der Waals surface area contributed by atoms with E-state index >= 15 is 0 Å². The van der Waals surface area contributed by atoms with Gasteiger partial charge in [-0.15, -0.1) is 0 Å². The highest BCUT2D eigenvalue weighted by molar-refractivity contribution is 7.92. The highest BCUT2D eigenvalue weighted by atomic mass is 32.2. The van der Waals surface area contributed by atoms with Gasteiger partial charge in [0.2, 0.25) is 10.0 Å². The Morgan fingerprint density at radius 2 is 1.58 bits per heavy atom. The van der Waals surface area contributed by atoms with Crippen LogP contribution in [0, 0.1) is 20.8 Å². The van der Waals surface area contributed by atoms with E-state index in [0.717, 1.165) is 11.1 Å². The topological polar surface area (TPSA) is 75.3 Å². The highest BCUT2D eigenvalue weighted by Crippen LogP contribution is 2.22. The average Bonchev–Trinajstić information content (AvgIpc) is 2.58. The molecule has 0 aliphatic rings. The number of hydrogen-bond acceptors (Lipinski definition) is 3. The van der Waals surface area contributed by atoms with Gasteiger partial charge in [-0.2, -0.15) is 0 Å². The molecule has 140 valence electrons. The molecule has 2 aromatic rings. The van der Waals surface area contributed by atoms with Crippen LogP contribution in [0.3, 0.4) is 0 Å². The van der Waals surface area contributed by atoms with Gasteiger partial charge in [-0.05, 0) is 81.1 Å². The zero-order chi connectivity index (χ0) is 19.5. The Labute approximate surface area is 155 Å². The van der Waals surface area contributed by atoms with Crippen molar-refractivity contribution in [1.82, 2.24) is 5.32 Å². The van der Waals surface area contributed by atoms with E-state index in [-0.39, 0.29) is 17.7 Å². The van der Waals surface area contributed by atoms with Crippen LogP contribution < -0.4 is 10.0 Å². The van der Waals surface area contributed by atoms with E-state index in [1.54, 1.807) is 31.2 Å². The molecule has 2 rings (SSSR count). The first-order valence-electron chi connectivity index (χ1n) is 8.62. The molecule has 26 heavy (non-hydrogen) atoms. The third-order valence-corrected chi connectivity index (χ3v) is 5.80. The molecule has 6 heteroatoms. The molecule has 0 spiro atoms. The number of carbonyl (C=O) groups is 1. The second-order valence-electron chi connectivity index (χ2n) is 6.57. The Hall–Kier alpha value is -2.34. The fourth-order valence-corrected chi connectivity index (χ4v) is 3.39. The number of rotatable bonds is 6. The summed E-state index contributed by atoms with van der Waals surface area (Å²) >= 11 is 0. The van der Waals surface area contributed by atoms with Gasteiger partial charge in [-0.3, -0.25) is 9.52 Å². The average molecular weight is 375 g/mol. The summed E-state index contributed by atoms with van der Waals surface area (Å²) in [6, 6.07) is 10.5. The minimum atomic E-state index is -3.32. The lowest BCUT2D eigenvalue weighted by Crippen LogP contribution is -2.27. The van der Waals surface area contributed by atoms with Crippen molar-refractivity contribution < 1.29 is 13.2 Å². The first-order chi connectivity index (χ1) is 12.1. The van der Waals surface area contributed by atoms with Crippen molar-refractivity contribution in [2.75, 3.05) is 10.5 Å². The lowest BCUT2D eigenvalue weighted by Gasteiger charge is -2.18. The van der Waals surface area contributed by atoms with Gasteiger partial charge in [0.1, 0.15) is 0 Å². The normalized spacial score (nSPS) is 12.5. The van der Waals surface area contributed by atoms with Crippen LogP contribution in [0.5, 0.6) is 0 Å². The molecule has 0 saturated carbocycles. The van der Waals surface area contributed by atoms with E-state index in [9.17, 15) is 13.2 Å². The Bertz CT molecular complexity index is 903. The number of hydrogen-bond donors (Lipinski definition) is 2. The van der Waals surface area contributed by atoms with Crippen molar-refractivity contribution in [2.45, 2.75) is 40.7 Å². The second kappa shape index (κ2) is 7.91. The summed E-state index contributed by atoms with van der Waals surface area (Å²) in [7, 11) is -3.32. The molecule has 2 N–H and O–H groups in total. The Kier molecular flexibility index (Phi) is 6.08. The summed E-state index contributed by atoms with van der Waals surface area (Å²) in [5.41, 5.74) is 5.59. The van der Waals surface area contributed by atoms with Gasteiger partial charge in [-0.1, -0.05) is 12.1 Å². The number of anilines is 1. The molecular formula is C20H26N2O3S. The minimum absolute atomic E-state index is 0.00205. The standard InChI is InChI=1S/C20H26N2O3S/c1-6-26(24,25)22-18-9-7-17(8-10-18)20(23)21-16(5)19-12-14(3)13(2)11-15(19)4/h7-12,16,22H,6H2,1-5H3,(H,21,23). The van der Waals surface area contributed by atoms with Crippen LogP contribution in [0.15, 0.2) is 36.4 Å². The molecule has 0 saturated heterocycles. The van der Waals surface area contributed by atoms with E-state index in [1.807, 2.05) is 13.8 Å². The molecule has 0 aromatic heterocycles. The Balaban J connectivity index is 2.11. The monoisotopic (exact) mass is 374 g/mol. The van der Waals surface area contributed by atoms with Crippen molar-refractivity contribution in [3.05, 3.63) is 64.2 Å². The van der Waals surface area contributed by atoms with Crippen molar-refractivity contribution in [3.63, 3.8) is 0 Å². The molecule has 0 heterocycles. The highest BCUT2D eigenvalue weighted by Gasteiger charge is 2.15. The number of amides is 1. The largest absolute Gasteiger partial charge is 0.346 e. The van der Waals surface area contributed by atoms with Crippen LogP contribution in [0.1, 0.15) is 52.5 Å². The molecular weight excluding hydrogens is 348 g/mol. The first kappa shape index (κ1) is 20.0. The first-order valence-corrected chi connectivity index (χ1v) is 10.3. The number of sulfonamides is 1. The van der Waals surface area contributed by atoms with Gasteiger partial charge in [0, 0.05) is 11.3 Å². The summed E-state index contributed by atoms with van der Waals surface area (Å²) in [4.78, 5) is 12.5. The van der Waals surface area contributed by atoms with Crippen molar-refractivity contribution >= 4 is 21.6 Å². The van der Waals surface area contributed by atoms with Gasteiger partial charge in [-0.25, -0.2) is 8.42 Å². The fraction of sp³-hybridized carbons (Fsp3) is 0.350. The van der Waals surface area contributed by atoms with Crippen molar-refractivity contribution in [2.24, 2.45) is 0 Å². The van der Waals surface area contributed by atoms with Crippen molar-refractivity contribution in [3.8, 4) is 0 Å². The number of benzene rings is 2. The van der Waals surface area contributed by atoms with Crippen LogP contribution in [0.2, 0.25) is 0 Å². The molecule has 2 aromatic carbocycles. The third kappa shape index (κ3) is 4.85. The lowest BCUT2D eigenvalue weighted by molar-refractivity contribution is 0.0940. The van der Waals surface area contributed by atoms with Crippen molar-refractivity contribution in [1.29, 1.82) is 0 Å². The molecule has 1 atom stereocenters. The maximum atomic E-state index is 12.5. The van der Waals surface area contributed by atoms with Gasteiger partial charge in [0.15, 0.2) is 0 Å². The van der Waals surface area contributed by atoms with Gasteiger partial charge in [0.05, 0.1) is 11.8 Å². The van der Waals surface area contributed by atoms with Crippen LogP contribution in [0.25, 0.3) is 0 Å². The Morgan fingerprint density at radius 1 is 1.00 bits per heavy atom. The molecule has 0 aliphatic heterocycles. The van der Waals surface area contributed by atoms with E-state index < -0.39 is 10.0 Å². The molecule has 0 radical (unpaired) electrons. The predicted octanol–water partition coefficient (Wildman–Crippen LogP) is 3.86. The predicted molar refractivity (Wildman–Crippen MR) is 106 cm³/mol. The molecule has 0 aliphatic carbocycles. The summed E-state index contributed by atoms with van der Waals surface area (Å²) in [6.07, 6.45) is 0. The molecule has 1 unspecified atom stereocenters. The SMILES string of the molecule is CCS(=O)(=O)Nc1ccc(C(=O)NC(C)c2cc(C)c(C)cc2C)cc1. The number of nitrogens with one attached hydrogen (secondary N) is 2. The maximum Gasteiger partial charge on any atom is 0.251 e. The number of aryl methyl sites for hydroxylation is 3. The zero-order valence-corrected chi connectivity index (χ0v) is 16.7. The maximum absolute atomic E-state index is 12.5. The van der Waals surface area contributed by atoms with E-state index in [1.165, 1.54) is 11.1 Å². The van der Waals surface area contributed by atoms with Crippen LogP contribution >= 0.6 is 0 Å². The van der Waals surface area contributed by atoms with E-state index in [4.69, 9.17) is 0 Å². The van der Waals surface area contributed by atoms with Gasteiger partial charge < -0.3 is 5.32 Å². The fourth-order valence-electron chi connectivity index (χ4n) is 2.75. The molecule has 0 fully saturated rings. The third-order valence-electron chi connectivity index (χ3n) is 4.50.